The quantitative estimate of drug-likeness (QED) is 0.621. The van der Waals surface area contributed by atoms with Crippen molar-refractivity contribution in [3.8, 4) is 0 Å². The van der Waals surface area contributed by atoms with Gasteiger partial charge in [0.05, 0.1) is 13.3 Å². The van der Waals surface area contributed by atoms with E-state index in [0.717, 1.165) is 5.39 Å². The third-order valence-corrected chi connectivity index (χ3v) is 1.71. The smallest absolute Gasteiger partial charge is 0.373 e. The molecule has 0 saturated heterocycles. The minimum Gasteiger partial charge on any atom is -0.463 e. The van der Waals surface area contributed by atoms with Crippen LogP contribution in [0.25, 0.3) is 11.0 Å². The fourth-order valence-corrected chi connectivity index (χ4v) is 1.09. The Morgan fingerprint density at radius 3 is 3.15 bits per heavy atom. The summed E-state index contributed by atoms with van der Waals surface area (Å²) >= 11 is 0. The number of esters is 1. The van der Waals surface area contributed by atoms with Gasteiger partial charge in [0.2, 0.25) is 5.76 Å². The molecule has 0 bridgehead atoms. The third kappa shape index (κ3) is 1.26. The zero-order chi connectivity index (χ0) is 9.26. The second kappa shape index (κ2) is 2.90. The van der Waals surface area contributed by atoms with Gasteiger partial charge in [0.15, 0.2) is 5.58 Å². The van der Waals surface area contributed by atoms with Crippen LogP contribution in [0.3, 0.4) is 0 Å². The lowest BCUT2D eigenvalue weighted by Gasteiger charge is -1.90. The summed E-state index contributed by atoms with van der Waals surface area (Å²) in [6, 6.07) is 3.40. The summed E-state index contributed by atoms with van der Waals surface area (Å²) in [7, 11) is 1.31. The molecule has 66 valence electrons. The summed E-state index contributed by atoms with van der Waals surface area (Å²) in [4.78, 5) is 14.9. The highest BCUT2D eigenvalue weighted by molar-refractivity contribution is 5.92. The third-order valence-electron chi connectivity index (χ3n) is 1.71. The number of hydrogen-bond donors (Lipinski definition) is 0. The minimum atomic E-state index is -0.476. The normalized spacial score (nSPS) is 10.2. The molecule has 4 nitrogen and oxygen atoms in total. The van der Waals surface area contributed by atoms with Gasteiger partial charge < -0.3 is 9.15 Å². The maximum absolute atomic E-state index is 11.0. The van der Waals surface area contributed by atoms with E-state index in [-0.39, 0.29) is 5.76 Å². The van der Waals surface area contributed by atoms with Crippen molar-refractivity contribution < 1.29 is 13.9 Å². The predicted octanol–water partition coefficient (Wildman–Crippen LogP) is 1.61. The van der Waals surface area contributed by atoms with Crippen LogP contribution in [0, 0.1) is 0 Å². The zero-order valence-electron chi connectivity index (χ0n) is 6.98. The van der Waals surface area contributed by atoms with E-state index in [1.165, 1.54) is 7.11 Å². The van der Waals surface area contributed by atoms with E-state index in [9.17, 15) is 4.79 Å². The van der Waals surface area contributed by atoms with Crippen LogP contribution in [-0.2, 0) is 4.74 Å². The monoisotopic (exact) mass is 177 g/mol. The highest BCUT2D eigenvalue weighted by atomic mass is 16.5. The van der Waals surface area contributed by atoms with E-state index < -0.39 is 5.97 Å². The fourth-order valence-electron chi connectivity index (χ4n) is 1.09. The molecule has 0 fully saturated rings. The molecule has 2 aromatic heterocycles. The van der Waals surface area contributed by atoms with Crippen molar-refractivity contribution in [2.45, 2.75) is 0 Å². The Hall–Kier alpha value is -1.84. The predicted molar refractivity (Wildman–Crippen MR) is 45.3 cm³/mol. The number of nitrogens with zero attached hydrogens (tertiary/aromatic N) is 1. The van der Waals surface area contributed by atoms with Crippen LogP contribution in [0.2, 0.25) is 0 Å². The van der Waals surface area contributed by atoms with Crippen LogP contribution >= 0.6 is 0 Å². The molecule has 4 heteroatoms. The fraction of sp³-hybridized carbons (Fsp3) is 0.111. The van der Waals surface area contributed by atoms with E-state index in [0.29, 0.717) is 5.58 Å². The number of aromatic nitrogens is 1. The lowest BCUT2D eigenvalue weighted by atomic mass is 10.3. The molecule has 0 unspecified atom stereocenters. The molecule has 0 saturated carbocycles. The summed E-state index contributed by atoms with van der Waals surface area (Å²) in [6.45, 7) is 0. The van der Waals surface area contributed by atoms with Crippen molar-refractivity contribution in [3.63, 3.8) is 0 Å². The van der Waals surface area contributed by atoms with Crippen LogP contribution in [0.4, 0.5) is 0 Å². The van der Waals surface area contributed by atoms with Gasteiger partial charge in [-0.15, -0.1) is 0 Å². The van der Waals surface area contributed by atoms with Crippen molar-refractivity contribution in [3.05, 3.63) is 30.3 Å². The van der Waals surface area contributed by atoms with Gasteiger partial charge in [-0.2, -0.15) is 0 Å². The van der Waals surface area contributed by atoms with Gasteiger partial charge in [-0.05, 0) is 12.1 Å². The van der Waals surface area contributed by atoms with Crippen molar-refractivity contribution in [2.75, 3.05) is 7.11 Å². The van der Waals surface area contributed by atoms with Gasteiger partial charge in [-0.1, -0.05) is 0 Å². The molecule has 2 heterocycles. The Kier molecular flexibility index (Phi) is 1.73. The van der Waals surface area contributed by atoms with Gasteiger partial charge in [-0.25, -0.2) is 4.79 Å². The van der Waals surface area contributed by atoms with E-state index in [1.54, 1.807) is 24.5 Å². The molecule has 0 radical (unpaired) electrons. The van der Waals surface area contributed by atoms with Gasteiger partial charge in [-0.3, -0.25) is 4.98 Å². The molecule has 0 atom stereocenters. The van der Waals surface area contributed by atoms with Crippen LogP contribution < -0.4 is 0 Å². The van der Waals surface area contributed by atoms with E-state index in [4.69, 9.17) is 4.42 Å². The summed E-state index contributed by atoms with van der Waals surface area (Å²) in [5, 5.41) is 0.843. The summed E-state index contributed by atoms with van der Waals surface area (Å²) in [5.41, 5.74) is 0.586. The van der Waals surface area contributed by atoms with Crippen molar-refractivity contribution >= 4 is 16.9 Å². The Morgan fingerprint density at radius 1 is 1.62 bits per heavy atom. The van der Waals surface area contributed by atoms with Gasteiger partial charge >= 0.3 is 5.97 Å². The molecule has 13 heavy (non-hydrogen) atoms. The standard InChI is InChI=1S/C9H7NO3/c1-12-9(11)7-4-6-2-3-10-5-8(6)13-7/h2-5H,1H3. The second-order valence-corrected chi connectivity index (χ2v) is 2.52. The maximum atomic E-state index is 11.0. The SMILES string of the molecule is COC(=O)c1cc2ccncc2o1. The number of furan rings is 1. The number of ether oxygens (including phenoxy) is 1. The average molecular weight is 177 g/mol. The molecule has 2 aromatic rings. The first kappa shape index (κ1) is 7.79. The first-order valence-corrected chi connectivity index (χ1v) is 3.73. The topological polar surface area (TPSA) is 52.3 Å². The highest BCUT2D eigenvalue weighted by Crippen LogP contribution is 2.17. The Morgan fingerprint density at radius 2 is 2.46 bits per heavy atom. The molecule has 0 aromatic carbocycles. The van der Waals surface area contributed by atoms with Crippen molar-refractivity contribution in [1.82, 2.24) is 4.98 Å². The molecular weight excluding hydrogens is 170 g/mol. The molecule has 0 aliphatic heterocycles. The van der Waals surface area contributed by atoms with Crippen molar-refractivity contribution in [1.29, 1.82) is 0 Å². The van der Waals surface area contributed by atoms with E-state index in [2.05, 4.69) is 9.72 Å². The molecule has 0 N–H and O–H groups in total. The van der Waals surface area contributed by atoms with Crippen molar-refractivity contribution in [2.24, 2.45) is 0 Å². The van der Waals surface area contributed by atoms with E-state index in [1.807, 2.05) is 0 Å². The van der Waals surface area contributed by atoms with Gasteiger partial charge in [0, 0.05) is 11.6 Å². The number of carbonyl (C=O) groups is 1. The summed E-state index contributed by atoms with van der Waals surface area (Å²) < 4.78 is 9.70. The lowest BCUT2D eigenvalue weighted by Crippen LogP contribution is -1.97. The van der Waals surface area contributed by atoms with E-state index >= 15 is 0 Å². The molecule has 0 spiro atoms. The number of hydrogen-bond acceptors (Lipinski definition) is 4. The molecular formula is C9H7NO3. The Balaban J connectivity index is 2.56. The molecule has 0 amide bonds. The van der Waals surface area contributed by atoms with Crippen LogP contribution in [0.5, 0.6) is 0 Å². The average Bonchev–Trinajstić information content (AvgIpc) is 2.59. The van der Waals surface area contributed by atoms with Crippen LogP contribution in [0.1, 0.15) is 10.6 Å². The lowest BCUT2D eigenvalue weighted by molar-refractivity contribution is 0.0567. The minimum absolute atomic E-state index is 0.200. The number of carbonyl (C=O) groups excluding carboxylic acids is 1. The summed E-state index contributed by atoms with van der Waals surface area (Å²) in [6.07, 6.45) is 3.20. The van der Waals surface area contributed by atoms with Crippen LogP contribution in [0.15, 0.2) is 28.9 Å². The number of rotatable bonds is 1. The Bertz CT molecular complexity index is 414. The first-order chi connectivity index (χ1) is 6.31. The second-order valence-electron chi connectivity index (χ2n) is 2.52. The van der Waals surface area contributed by atoms with Gasteiger partial charge in [0.1, 0.15) is 0 Å². The molecule has 2 rings (SSSR count). The Labute approximate surface area is 74.1 Å². The number of fused-ring (bicyclic) bond motifs is 1. The zero-order valence-corrected chi connectivity index (χ0v) is 6.98. The highest BCUT2D eigenvalue weighted by Gasteiger charge is 2.11. The molecule has 0 aliphatic carbocycles. The maximum Gasteiger partial charge on any atom is 0.373 e. The number of pyridine rings is 1. The first-order valence-electron chi connectivity index (χ1n) is 3.73. The van der Waals surface area contributed by atoms with Gasteiger partial charge in [0.25, 0.3) is 0 Å². The summed E-state index contributed by atoms with van der Waals surface area (Å²) in [5.74, 6) is -0.276. The molecule has 0 aliphatic rings. The largest absolute Gasteiger partial charge is 0.463 e. The number of methoxy groups -OCH3 is 1. The van der Waals surface area contributed by atoms with Crippen LogP contribution in [-0.4, -0.2) is 18.1 Å².